The molecule has 0 amide bonds. The highest BCUT2D eigenvalue weighted by molar-refractivity contribution is 8.08. The number of oxime groups is 2. The van der Waals surface area contributed by atoms with Gasteiger partial charge in [-0.2, -0.15) is 13.2 Å². The molecule has 2 N–H and O–H groups in total. The Morgan fingerprint density at radius 2 is 1.60 bits per heavy atom. The molecule has 0 aliphatic heterocycles. The first kappa shape index (κ1) is 16.0. The first-order valence-electron chi connectivity index (χ1n) is 4.98. The van der Waals surface area contributed by atoms with Gasteiger partial charge in [0, 0.05) is 0 Å². The Kier molecular flexibility index (Phi) is 4.38. The molecule has 1 rings (SSSR count). The zero-order valence-corrected chi connectivity index (χ0v) is 10.8. The summed E-state index contributed by atoms with van der Waals surface area (Å²) in [5, 5.41) is 21.2. The third-order valence-corrected chi connectivity index (χ3v) is 4.08. The van der Waals surface area contributed by atoms with E-state index < -0.39 is 37.2 Å². The van der Waals surface area contributed by atoms with E-state index in [0.29, 0.717) is 24.3 Å². The second-order valence-electron chi connectivity index (χ2n) is 3.62. The van der Waals surface area contributed by atoms with Crippen molar-refractivity contribution in [1.29, 1.82) is 0 Å². The Balaban J connectivity index is 3.31. The highest BCUT2D eigenvalue weighted by Gasteiger charge is 2.32. The number of hydrogen-bond donors (Lipinski definition) is 2. The fourth-order valence-electron chi connectivity index (χ4n) is 1.30. The first-order chi connectivity index (χ1) is 9.14. The molecule has 0 atom stereocenters. The van der Waals surface area contributed by atoms with Crippen molar-refractivity contribution < 1.29 is 32.0 Å². The predicted octanol–water partition coefficient (Wildman–Crippen LogP) is 2.12. The van der Waals surface area contributed by atoms with Gasteiger partial charge in [-0.05, 0) is 31.2 Å². The van der Waals surface area contributed by atoms with Crippen molar-refractivity contribution in [1.82, 2.24) is 0 Å². The summed E-state index contributed by atoms with van der Waals surface area (Å²) >= 11 is 0. The lowest BCUT2D eigenvalue weighted by Crippen LogP contribution is -2.23. The number of sulfone groups is 1. The van der Waals surface area contributed by atoms with Crippen LogP contribution in [-0.2, 0) is 16.0 Å². The lowest BCUT2D eigenvalue weighted by molar-refractivity contribution is -0.137. The minimum Gasteiger partial charge on any atom is -0.411 e. The molecule has 0 radical (unpaired) electrons. The number of halogens is 3. The van der Waals surface area contributed by atoms with E-state index in [-0.39, 0.29) is 0 Å². The summed E-state index contributed by atoms with van der Waals surface area (Å²) in [6.45, 7) is 1.05. The van der Waals surface area contributed by atoms with Crippen LogP contribution in [0.4, 0.5) is 13.2 Å². The zero-order valence-electron chi connectivity index (χ0n) is 9.96. The van der Waals surface area contributed by atoms with Crippen LogP contribution in [0.15, 0.2) is 39.5 Å². The van der Waals surface area contributed by atoms with Gasteiger partial charge in [0.05, 0.1) is 10.5 Å². The highest BCUT2D eigenvalue weighted by atomic mass is 32.2. The van der Waals surface area contributed by atoms with Crippen molar-refractivity contribution in [3.05, 3.63) is 29.8 Å². The normalized spacial score (nSPS) is 14.4. The minimum absolute atomic E-state index is 0.507. The van der Waals surface area contributed by atoms with Crippen molar-refractivity contribution in [2.24, 2.45) is 10.3 Å². The topological polar surface area (TPSA) is 99.3 Å². The maximum absolute atomic E-state index is 12.4. The van der Waals surface area contributed by atoms with Crippen molar-refractivity contribution in [2.45, 2.75) is 18.0 Å². The van der Waals surface area contributed by atoms with Gasteiger partial charge in [0.25, 0.3) is 0 Å². The van der Waals surface area contributed by atoms with Crippen LogP contribution in [-0.4, -0.2) is 29.6 Å². The summed E-state index contributed by atoms with van der Waals surface area (Å²) in [5.74, 6) is 0. The van der Waals surface area contributed by atoms with Crippen molar-refractivity contribution >= 4 is 20.6 Å². The van der Waals surface area contributed by atoms with Crippen LogP contribution in [0.2, 0.25) is 0 Å². The van der Waals surface area contributed by atoms with Gasteiger partial charge < -0.3 is 10.4 Å². The van der Waals surface area contributed by atoms with Gasteiger partial charge in [-0.15, -0.1) is 0 Å². The largest absolute Gasteiger partial charge is 0.416 e. The average molecular weight is 310 g/mol. The SMILES string of the molecule is CC(=NO)C(=NO)S(=O)(=O)c1ccc(C(F)(F)F)cc1. The van der Waals surface area contributed by atoms with E-state index in [4.69, 9.17) is 10.4 Å². The number of rotatable bonds is 2. The molecule has 0 fully saturated rings. The smallest absolute Gasteiger partial charge is 0.411 e. The maximum atomic E-state index is 12.4. The van der Waals surface area contributed by atoms with Gasteiger partial charge in [0.2, 0.25) is 14.9 Å². The van der Waals surface area contributed by atoms with Gasteiger partial charge in [-0.1, -0.05) is 10.3 Å². The molecule has 1 aromatic rings. The molecule has 20 heavy (non-hydrogen) atoms. The molecule has 110 valence electrons. The Morgan fingerprint density at radius 3 is 1.95 bits per heavy atom. The van der Waals surface area contributed by atoms with Gasteiger partial charge in [-0.3, -0.25) is 0 Å². The number of benzene rings is 1. The van der Waals surface area contributed by atoms with Crippen LogP contribution in [0.3, 0.4) is 0 Å². The number of hydrogen-bond acceptors (Lipinski definition) is 6. The molecule has 0 aliphatic carbocycles. The molecule has 0 unspecified atom stereocenters. The second-order valence-corrected chi connectivity index (χ2v) is 5.48. The molecular formula is C10H9F3N2O4S. The molecule has 0 heterocycles. The quantitative estimate of drug-likeness (QED) is 0.378. The molecule has 0 bridgehead atoms. The molecule has 0 aromatic heterocycles. The van der Waals surface area contributed by atoms with E-state index in [9.17, 15) is 21.6 Å². The van der Waals surface area contributed by atoms with Gasteiger partial charge in [0.15, 0.2) is 0 Å². The van der Waals surface area contributed by atoms with Crippen LogP contribution < -0.4 is 0 Å². The van der Waals surface area contributed by atoms with Crippen molar-refractivity contribution in [3.8, 4) is 0 Å². The second kappa shape index (κ2) is 5.49. The van der Waals surface area contributed by atoms with Crippen molar-refractivity contribution in [3.63, 3.8) is 0 Å². The van der Waals surface area contributed by atoms with Crippen LogP contribution in [0.25, 0.3) is 0 Å². The van der Waals surface area contributed by atoms with Crippen LogP contribution in [0.5, 0.6) is 0 Å². The van der Waals surface area contributed by atoms with Crippen LogP contribution >= 0.6 is 0 Å². The lowest BCUT2D eigenvalue weighted by atomic mass is 10.2. The van der Waals surface area contributed by atoms with Gasteiger partial charge in [-0.25, -0.2) is 8.42 Å². The molecule has 6 nitrogen and oxygen atoms in total. The summed E-state index contributed by atoms with van der Waals surface area (Å²) in [6.07, 6.45) is -4.60. The molecular weight excluding hydrogens is 301 g/mol. The number of nitrogens with zero attached hydrogens (tertiary/aromatic N) is 2. The molecule has 10 heteroatoms. The van der Waals surface area contributed by atoms with Crippen LogP contribution in [0.1, 0.15) is 12.5 Å². The molecule has 1 aromatic carbocycles. The Hall–Kier alpha value is -2.10. The summed E-state index contributed by atoms with van der Waals surface area (Å²) < 4.78 is 61.0. The summed E-state index contributed by atoms with van der Waals surface area (Å²) in [6, 6.07) is 2.59. The fraction of sp³-hybridized carbons (Fsp3) is 0.200. The Bertz CT molecular complexity index is 648. The third-order valence-electron chi connectivity index (χ3n) is 2.30. The maximum Gasteiger partial charge on any atom is 0.416 e. The van der Waals surface area contributed by atoms with E-state index in [1.165, 1.54) is 0 Å². The third kappa shape index (κ3) is 3.07. The average Bonchev–Trinajstić information content (AvgIpc) is 2.38. The molecule has 0 aliphatic rings. The minimum atomic E-state index is -4.60. The molecule has 0 saturated heterocycles. The van der Waals surface area contributed by atoms with Gasteiger partial charge in [0.1, 0.15) is 5.71 Å². The monoisotopic (exact) mass is 310 g/mol. The van der Waals surface area contributed by atoms with Crippen molar-refractivity contribution in [2.75, 3.05) is 0 Å². The molecule has 0 spiro atoms. The fourth-order valence-corrected chi connectivity index (χ4v) is 2.55. The van der Waals surface area contributed by atoms with E-state index in [0.717, 1.165) is 6.92 Å². The predicted molar refractivity (Wildman–Crippen MR) is 62.7 cm³/mol. The summed E-state index contributed by atoms with van der Waals surface area (Å²) in [7, 11) is -4.38. The van der Waals surface area contributed by atoms with Crippen LogP contribution in [0, 0.1) is 0 Å². The summed E-state index contributed by atoms with van der Waals surface area (Å²) in [4.78, 5) is -0.527. The Labute approximate surface area is 111 Å². The summed E-state index contributed by atoms with van der Waals surface area (Å²) in [5.41, 5.74) is -1.53. The van der Waals surface area contributed by atoms with E-state index in [1.54, 1.807) is 0 Å². The van der Waals surface area contributed by atoms with E-state index in [2.05, 4.69) is 10.3 Å². The van der Waals surface area contributed by atoms with Gasteiger partial charge >= 0.3 is 6.18 Å². The standard InChI is InChI=1S/C10H9F3N2O4S/c1-6(14-16)9(15-17)20(18,19)8-4-2-7(3-5-8)10(11,12)13/h2-5,16-17H,1H3. The lowest BCUT2D eigenvalue weighted by Gasteiger charge is -2.08. The van der Waals surface area contributed by atoms with E-state index >= 15 is 0 Å². The molecule has 0 saturated carbocycles. The van der Waals surface area contributed by atoms with E-state index in [1.807, 2.05) is 0 Å². The Morgan fingerprint density at radius 1 is 1.10 bits per heavy atom. The number of alkyl halides is 3. The highest BCUT2D eigenvalue weighted by Crippen LogP contribution is 2.30. The zero-order chi connectivity index (χ0) is 15.6. The first-order valence-corrected chi connectivity index (χ1v) is 6.46.